The number of aliphatic carboxylic acids is 1. The van der Waals surface area contributed by atoms with Crippen molar-refractivity contribution < 1.29 is 19.5 Å². The lowest BCUT2D eigenvalue weighted by Crippen LogP contribution is -2.83. The van der Waals surface area contributed by atoms with E-state index in [1.54, 1.807) is 0 Å². The molecule has 3 rings (SSSR count). The van der Waals surface area contributed by atoms with Crippen LogP contribution < -0.4 is 16.9 Å². The van der Waals surface area contributed by atoms with E-state index < -0.39 is 22.9 Å². The Bertz CT molecular complexity index is 807. The minimum absolute atomic E-state index is 0.00389. The molecule has 2 aliphatic heterocycles. The van der Waals surface area contributed by atoms with Crippen LogP contribution in [0, 0.1) is 0 Å². The number of nitrogens with two attached hydrogens (primary N) is 2. The van der Waals surface area contributed by atoms with E-state index in [4.69, 9.17) is 23.8 Å². The molecule has 12 nitrogen and oxygen atoms in total. The van der Waals surface area contributed by atoms with E-state index in [1.807, 2.05) is 0 Å². The van der Waals surface area contributed by atoms with Gasteiger partial charge in [0.25, 0.3) is 5.91 Å². The van der Waals surface area contributed by atoms with Crippen molar-refractivity contribution in [3.8, 4) is 0 Å². The average molecular weight is 370 g/mol. The minimum atomic E-state index is -1.66. The number of nitrogens with one attached hydrogen (secondary N) is 1. The third-order valence-electron chi connectivity index (χ3n) is 3.58. The monoisotopic (exact) mass is 370 g/mol. The van der Waals surface area contributed by atoms with Gasteiger partial charge in [-0.1, -0.05) is 12.2 Å². The fourth-order valence-electron chi connectivity index (χ4n) is 2.46. The first-order chi connectivity index (χ1) is 11.3. The van der Waals surface area contributed by atoms with E-state index in [9.17, 15) is 19.5 Å². The molecule has 2 aliphatic rings. The first-order valence-corrected chi connectivity index (χ1v) is 7.78. The van der Waals surface area contributed by atoms with Crippen molar-refractivity contribution in [2.45, 2.75) is 11.0 Å². The number of tetrazole rings is 1. The molecular weight excluding hydrogens is 360 g/mol. The fraction of sp³-hybridized carbons (Fsp3) is 0.300. The van der Waals surface area contributed by atoms with Crippen molar-refractivity contribution in [2.75, 3.05) is 11.6 Å². The van der Waals surface area contributed by atoms with E-state index in [0.29, 0.717) is 6.41 Å². The van der Waals surface area contributed by atoms with Crippen LogP contribution in [0.4, 0.5) is 0 Å². The SMILES string of the molecule is Nn1nnnc1C(=S)C1=C(C(=O)O)N2C(=O)[C@](N)(NC=O)[C@@H]2SC1. The summed E-state index contributed by atoms with van der Waals surface area (Å²) < 4.78 is 0. The number of nitrogens with zero attached hydrogens (tertiary/aromatic N) is 5. The quantitative estimate of drug-likeness (QED) is 0.102. The van der Waals surface area contributed by atoms with Crippen LogP contribution >= 0.6 is 24.0 Å². The van der Waals surface area contributed by atoms with Crippen LogP contribution in [-0.4, -0.2) is 70.3 Å². The molecule has 0 radical (unpaired) electrons. The highest BCUT2D eigenvalue weighted by Crippen LogP contribution is 2.44. The van der Waals surface area contributed by atoms with Crippen LogP contribution in [0.25, 0.3) is 0 Å². The van der Waals surface area contributed by atoms with Crippen LogP contribution in [0.1, 0.15) is 5.82 Å². The molecule has 0 bridgehead atoms. The summed E-state index contributed by atoms with van der Waals surface area (Å²) in [4.78, 5) is 36.4. The molecule has 2 atom stereocenters. The van der Waals surface area contributed by atoms with Crippen molar-refractivity contribution in [3.63, 3.8) is 0 Å². The van der Waals surface area contributed by atoms with Gasteiger partial charge in [0.05, 0.1) is 4.86 Å². The summed E-state index contributed by atoms with van der Waals surface area (Å²) in [6.07, 6.45) is 0.294. The molecule has 14 heteroatoms. The lowest BCUT2D eigenvalue weighted by Gasteiger charge is -2.54. The van der Waals surface area contributed by atoms with E-state index in [-0.39, 0.29) is 27.7 Å². The zero-order valence-corrected chi connectivity index (χ0v) is 13.4. The second-order valence-electron chi connectivity index (χ2n) is 4.88. The van der Waals surface area contributed by atoms with Crippen molar-refractivity contribution in [1.29, 1.82) is 0 Å². The Morgan fingerprint density at radius 3 is 2.83 bits per heavy atom. The lowest BCUT2D eigenvalue weighted by molar-refractivity contribution is -0.157. The maximum atomic E-state index is 12.3. The molecule has 3 heterocycles. The van der Waals surface area contributed by atoms with Crippen LogP contribution in [0.3, 0.4) is 0 Å². The summed E-state index contributed by atoms with van der Waals surface area (Å²) in [5.41, 5.74) is 4.04. The van der Waals surface area contributed by atoms with Gasteiger partial charge >= 0.3 is 5.97 Å². The van der Waals surface area contributed by atoms with Gasteiger partial charge in [-0.05, 0) is 10.4 Å². The molecule has 1 aromatic rings. The molecule has 24 heavy (non-hydrogen) atoms. The number of aromatic nitrogens is 4. The number of thiocarbonyl (C=S) groups is 1. The van der Waals surface area contributed by atoms with Gasteiger partial charge in [0.1, 0.15) is 11.1 Å². The normalized spacial score (nSPS) is 25.8. The number of fused-ring (bicyclic) bond motifs is 1. The largest absolute Gasteiger partial charge is 0.477 e. The number of thioether (sulfide) groups is 1. The Kier molecular flexibility index (Phi) is 3.73. The fourth-order valence-corrected chi connectivity index (χ4v) is 4.25. The standard InChI is InChI=1S/C10H10N8O4S2/c11-10(13-2-19)8(22)17-4(7(20)21)3(1-24-9(10)17)5(23)6-14-15-16-18(6)12/h2,9H,1,11-12H2,(H,13,19)(H,20,21)/t9-,10-/m0/s1. The first-order valence-electron chi connectivity index (χ1n) is 6.33. The summed E-state index contributed by atoms with van der Waals surface area (Å²) in [6, 6.07) is 0. The number of nitrogen functional groups attached to an aromatic ring is 1. The van der Waals surface area contributed by atoms with Gasteiger partial charge in [-0.15, -0.1) is 21.7 Å². The van der Waals surface area contributed by atoms with E-state index >= 15 is 0 Å². The van der Waals surface area contributed by atoms with Gasteiger partial charge in [-0.3, -0.25) is 20.2 Å². The van der Waals surface area contributed by atoms with Crippen molar-refractivity contribution in [1.82, 2.24) is 30.5 Å². The molecule has 0 spiro atoms. The molecule has 0 aliphatic carbocycles. The highest BCUT2D eigenvalue weighted by atomic mass is 32.2. The number of hydrogen-bond acceptors (Lipinski definition) is 10. The molecule has 0 aromatic carbocycles. The highest BCUT2D eigenvalue weighted by molar-refractivity contribution is 8.00. The summed E-state index contributed by atoms with van der Waals surface area (Å²) >= 11 is 6.38. The van der Waals surface area contributed by atoms with Gasteiger partial charge in [-0.2, -0.15) is 0 Å². The maximum absolute atomic E-state index is 12.3. The van der Waals surface area contributed by atoms with Crippen LogP contribution in [0.5, 0.6) is 0 Å². The zero-order valence-electron chi connectivity index (χ0n) is 11.7. The molecule has 1 fully saturated rings. The maximum Gasteiger partial charge on any atom is 0.353 e. The van der Waals surface area contributed by atoms with Gasteiger partial charge < -0.3 is 16.3 Å². The number of hydrogen-bond donors (Lipinski definition) is 4. The highest BCUT2D eigenvalue weighted by Gasteiger charge is 2.63. The van der Waals surface area contributed by atoms with Crippen LogP contribution in [0.2, 0.25) is 0 Å². The minimum Gasteiger partial charge on any atom is -0.477 e. The zero-order chi connectivity index (χ0) is 17.6. The number of carbonyl (C=O) groups is 3. The third-order valence-corrected chi connectivity index (χ3v) is 5.36. The van der Waals surface area contributed by atoms with Crippen LogP contribution in [0.15, 0.2) is 11.3 Å². The molecule has 2 amide bonds. The topological polar surface area (TPSA) is 182 Å². The number of amides is 2. The van der Waals surface area contributed by atoms with Crippen LogP contribution in [-0.2, 0) is 14.4 Å². The van der Waals surface area contributed by atoms with E-state index in [0.717, 1.165) is 21.5 Å². The number of carbonyl (C=O) groups excluding carboxylic acids is 2. The Balaban J connectivity index is 2.04. The number of carboxylic acid groups (broad SMARTS) is 1. The molecular formula is C10H10N8O4S2. The molecule has 0 saturated carbocycles. The second kappa shape index (κ2) is 5.50. The predicted octanol–water partition coefficient (Wildman–Crippen LogP) is -3.24. The number of β-lactam (4-membered cyclic amide) rings is 1. The number of rotatable bonds is 5. The molecule has 1 saturated heterocycles. The first kappa shape index (κ1) is 16.3. The van der Waals surface area contributed by atoms with Crippen molar-refractivity contribution in [2.24, 2.45) is 5.73 Å². The Morgan fingerprint density at radius 1 is 1.58 bits per heavy atom. The summed E-state index contributed by atoms with van der Waals surface area (Å²) in [5.74, 6) is 3.53. The van der Waals surface area contributed by atoms with Crippen molar-refractivity contribution in [3.05, 3.63) is 17.1 Å². The van der Waals surface area contributed by atoms with E-state index in [1.165, 1.54) is 0 Å². The Labute approximate surface area is 143 Å². The molecule has 6 N–H and O–H groups in total. The molecule has 126 valence electrons. The van der Waals surface area contributed by atoms with Crippen molar-refractivity contribution >= 4 is 47.1 Å². The average Bonchev–Trinajstić information content (AvgIpc) is 2.98. The van der Waals surface area contributed by atoms with Gasteiger partial charge in [0, 0.05) is 11.3 Å². The predicted molar refractivity (Wildman–Crippen MR) is 83.5 cm³/mol. The molecule has 1 aromatic heterocycles. The van der Waals surface area contributed by atoms with Gasteiger partial charge in [-0.25, -0.2) is 4.79 Å². The summed E-state index contributed by atoms with van der Waals surface area (Å²) in [5, 5.41) is 21.4. The van der Waals surface area contributed by atoms with Gasteiger partial charge in [0.15, 0.2) is 0 Å². The van der Waals surface area contributed by atoms with E-state index in [2.05, 4.69) is 20.8 Å². The summed E-state index contributed by atoms with van der Waals surface area (Å²) in [6.45, 7) is 0. The third kappa shape index (κ3) is 2.07. The summed E-state index contributed by atoms with van der Waals surface area (Å²) in [7, 11) is 0. The second-order valence-corrected chi connectivity index (χ2v) is 6.36. The van der Waals surface area contributed by atoms with Gasteiger partial charge in [0.2, 0.25) is 17.9 Å². The Morgan fingerprint density at radius 2 is 2.29 bits per heavy atom. The smallest absolute Gasteiger partial charge is 0.353 e. The Hall–Kier alpha value is -2.58. The molecule has 0 unspecified atom stereocenters. The lowest BCUT2D eigenvalue weighted by atomic mass is 9.95. The number of carboxylic acids is 1.